The molecule has 5 rings (SSSR count). The van der Waals surface area contributed by atoms with Gasteiger partial charge in [0.2, 0.25) is 5.91 Å². The Kier molecular flexibility index (Phi) is 11.8. The lowest BCUT2D eigenvalue weighted by atomic mass is 9.67. The Morgan fingerprint density at radius 3 is 2.10 bits per heavy atom. The zero-order chi connectivity index (χ0) is 37.6. The molecule has 0 spiro atoms. The molecule has 12 nitrogen and oxygen atoms in total. The van der Waals surface area contributed by atoms with Gasteiger partial charge in [-0.05, 0) is 106 Å². The third-order valence-electron chi connectivity index (χ3n) is 10.0. The smallest absolute Gasteiger partial charge is 0.416 e. The minimum absolute atomic E-state index is 0.0105. The van der Waals surface area contributed by atoms with E-state index in [1.807, 2.05) is 19.1 Å². The molecule has 2 aromatic carbocycles. The fourth-order valence-corrected chi connectivity index (χ4v) is 7.21. The first kappa shape index (κ1) is 38.1. The Labute approximate surface area is 305 Å². The lowest BCUT2D eigenvalue weighted by Gasteiger charge is -2.53. The van der Waals surface area contributed by atoms with Crippen LogP contribution in [-0.4, -0.2) is 70.4 Å². The van der Waals surface area contributed by atoms with Crippen molar-refractivity contribution in [2.75, 3.05) is 19.1 Å². The molecule has 0 radical (unpaired) electrons. The first-order chi connectivity index (χ1) is 24.7. The van der Waals surface area contributed by atoms with Crippen LogP contribution in [0.15, 0.2) is 66.9 Å². The van der Waals surface area contributed by atoms with Crippen LogP contribution < -0.4 is 19.7 Å². The highest BCUT2D eigenvalue weighted by Crippen LogP contribution is 2.44. The molecule has 52 heavy (non-hydrogen) atoms. The minimum atomic E-state index is -1.88. The van der Waals surface area contributed by atoms with Crippen LogP contribution in [0.5, 0.6) is 11.5 Å². The molecular weight excluding hydrogens is 664 g/mol. The van der Waals surface area contributed by atoms with Crippen LogP contribution in [0.2, 0.25) is 0 Å². The van der Waals surface area contributed by atoms with E-state index < -0.39 is 41.1 Å². The average Bonchev–Trinajstić information content (AvgIpc) is 3.12. The van der Waals surface area contributed by atoms with Gasteiger partial charge in [0, 0.05) is 18.7 Å². The highest BCUT2D eigenvalue weighted by molar-refractivity contribution is 6.10. The van der Waals surface area contributed by atoms with Gasteiger partial charge in [0.1, 0.15) is 22.9 Å². The number of β-lactam (4-membered cyclic amide) rings is 1. The molecule has 1 aromatic heterocycles. The number of carbonyl (C=O) groups is 4. The number of benzene rings is 2. The van der Waals surface area contributed by atoms with Gasteiger partial charge >= 0.3 is 18.1 Å². The molecule has 1 saturated heterocycles. The SMILES string of the molecule is COc1ccc(CN(C(=O)OC(C)(C)C)c2cc(C[C@H]3C(=O)N(C(=O)NC(C)C4CCCCC4)[C@]3(Cc3ccc(OC)cc3)C(=O)O)ccn2)cc1. The van der Waals surface area contributed by atoms with E-state index in [4.69, 9.17) is 14.2 Å². The first-order valence-corrected chi connectivity index (χ1v) is 17.8. The quantitative estimate of drug-likeness (QED) is 0.194. The second-order valence-electron chi connectivity index (χ2n) is 14.8. The molecular formula is C40H50N4O8. The predicted octanol–water partition coefficient (Wildman–Crippen LogP) is 6.79. The zero-order valence-electron chi connectivity index (χ0n) is 30.9. The van der Waals surface area contributed by atoms with Crippen LogP contribution in [0.1, 0.15) is 76.5 Å². The maximum absolute atomic E-state index is 14.0. The monoisotopic (exact) mass is 714 g/mol. The molecule has 2 N–H and O–H groups in total. The largest absolute Gasteiger partial charge is 0.497 e. The molecule has 4 amide bonds. The van der Waals surface area contributed by atoms with Gasteiger partial charge in [-0.1, -0.05) is 43.5 Å². The van der Waals surface area contributed by atoms with Crippen molar-refractivity contribution in [2.24, 2.45) is 11.8 Å². The molecule has 1 saturated carbocycles. The predicted molar refractivity (Wildman–Crippen MR) is 195 cm³/mol. The molecule has 3 atom stereocenters. The van der Waals surface area contributed by atoms with Gasteiger partial charge in [0.05, 0.1) is 26.7 Å². The Morgan fingerprint density at radius 1 is 0.942 bits per heavy atom. The molecule has 1 aliphatic carbocycles. The third kappa shape index (κ3) is 8.49. The van der Waals surface area contributed by atoms with Crippen molar-refractivity contribution in [1.29, 1.82) is 0 Å². The van der Waals surface area contributed by atoms with Crippen molar-refractivity contribution in [3.05, 3.63) is 83.6 Å². The molecule has 0 bridgehead atoms. The summed E-state index contributed by atoms with van der Waals surface area (Å²) in [6.45, 7) is 7.36. The van der Waals surface area contributed by atoms with E-state index in [0.717, 1.165) is 42.6 Å². The molecule has 12 heteroatoms. The molecule has 2 fully saturated rings. The van der Waals surface area contributed by atoms with Crippen molar-refractivity contribution >= 4 is 29.8 Å². The van der Waals surface area contributed by atoms with Crippen molar-refractivity contribution in [1.82, 2.24) is 15.2 Å². The van der Waals surface area contributed by atoms with Gasteiger partial charge < -0.3 is 24.6 Å². The minimum Gasteiger partial charge on any atom is -0.497 e. The number of carboxylic acids is 1. The Balaban J connectivity index is 1.47. The second kappa shape index (κ2) is 16.0. The number of carbonyl (C=O) groups excluding carboxylic acids is 3. The van der Waals surface area contributed by atoms with Gasteiger partial charge in [0.15, 0.2) is 5.54 Å². The summed E-state index contributed by atoms with van der Waals surface area (Å²) in [6.07, 6.45) is 6.02. The number of hydrogen-bond donors (Lipinski definition) is 2. The van der Waals surface area contributed by atoms with Crippen LogP contribution in [-0.2, 0) is 33.7 Å². The van der Waals surface area contributed by atoms with Crippen LogP contribution in [0.25, 0.3) is 0 Å². The number of nitrogens with zero attached hydrogens (tertiary/aromatic N) is 3. The summed E-state index contributed by atoms with van der Waals surface area (Å²) >= 11 is 0. The van der Waals surface area contributed by atoms with Gasteiger partial charge in [-0.2, -0.15) is 0 Å². The normalized spacial score (nSPS) is 19.6. The van der Waals surface area contributed by atoms with E-state index >= 15 is 0 Å². The average molecular weight is 715 g/mol. The summed E-state index contributed by atoms with van der Waals surface area (Å²) in [5, 5.41) is 13.9. The van der Waals surface area contributed by atoms with Gasteiger partial charge in [-0.25, -0.2) is 24.3 Å². The number of pyridine rings is 1. The number of ether oxygens (including phenoxy) is 3. The van der Waals surface area contributed by atoms with Crippen molar-refractivity contribution in [2.45, 2.75) is 96.4 Å². The van der Waals surface area contributed by atoms with Gasteiger partial charge in [-0.3, -0.25) is 9.69 Å². The summed E-state index contributed by atoms with van der Waals surface area (Å²) in [7, 11) is 3.11. The fourth-order valence-electron chi connectivity index (χ4n) is 7.21. The number of imide groups is 1. The number of amides is 4. The molecule has 278 valence electrons. The first-order valence-electron chi connectivity index (χ1n) is 17.8. The molecule has 2 heterocycles. The van der Waals surface area contributed by atoms with E-state index in [1.54, 1.807) is 76.4 Å². The number of methoxy groups -OCH3 is 2. The third-order valence-corrected chi connectivity index (χ3v) is 10.0. The zero-order valence-corrected chi connectivity index (χ0v) is 30.9. The fraction of sp³-hybridized carbons (Fsp3) is 0.475. The van der Waals surface area contributed by atoms with Crippen LogP contribution in [0.3, 0.4) is 0 Å². The summed E-state index contributed by atoms with van der Waals surface area (Å²) < 4.78 is 16.3. The number of hydrogen-bond acceptors (Lipinski definition) is 8. The Hall–Kier alpha value is -5.13. The standard InChI is InChI=1S/C40H50N4O8/c1-26(30-10-8-7-9-11-30)42-37(48)44-35(45)33(40(44,36(46)47)24-27-12-16-31(50-5)17-13-27)22-29-20-21-41-34(23-29)43(38(49)52-39(2,3)4)25-28-14-18-32(51-6)19-15-28/h12-21,23,26,30,33H,7-11,22,24-25H2,1-6H3,(H,42,48)(H,46,47)/t26?,33-,40-/m0/s1. The number of aliphatic carboxylic acids is 1. The Bertz CT molecular complexity index is 1730. The number of carboxylic acid groups (broad SMARTS) is 1. The van der Waals surface area contributed by atoms with E-state index in [-0.39, 0.29) is 37.2 Å². The number of anilines is 1. The topological polar surface area (TPSA) is 148 Å². The van der Waals surface area contributed by atoms with E-state index in [1.165, 1.54) is 18.2 Å². The summed E-state index contributed by atoms with van der Waals surface area (Å²) in [6, 6.07) is 16.6. The lowest BCUT2D eigenvalue weighted by molar-refractivity contribution is -0.181. The number of rotatable bonds is 12. The summed E-state index contributed by atoms with van der Waals surface area (Å²) in [5.41, 5.74) is -0.667. The van der Waals surface area contributed by atoms with E-state index in [0.29, 0.717) is 22.6 Å². The molecule has 3 aromatic rings. The van der Waals surface area contributed by atoms with Crippen LogP contribution in [0.4, 0.5) is 15.4 Å². The summed E-state index contributed by atoms with van der Waals surface area (Å²) in [4.78, 5) is 61.7. The second-order valence-corrected chi connectivity index (χ2v) is 14.8. The van der Waals surface area contributed by atoms with Crippen molar-refractivity contribution in [3.63, 3.8) is 0 Å². The molecule has 1 aliphatic heterocycles. The molecule has 2 aliphatic rings. The van der Waals surface area contributed by atoms with Crippen LogP contribution >= 0.6 is 0 Å². The van der Waals surface area contributed by atoms with Crippen LogP contribution in [0, 0.1) is 11.8 Å². The highest BCUT2D eigenvalue weighted by Gasteiger charge is 2.67. The maximum atomic E-state index is 14.0. The summed E-state index contributed by atoms with van der Waals surface area (Å²) in [5.74, 6) is -1.16. The van der Waals surface area contributed by atoms with E-state index in [9.17, 15) is 24.3 Å². The number of urea groups is 1. The number of aromatic nitrogens is 1. The van der Waals surface area contributed by atoms with Gasteiger partial charge in [0.25, 0.3) is 0 Å². The number of likely N-dealkylation sites (tertiary alicyclic amines) is 1. The van der Waals surface area contributed by atoms with E-state index in [2.05, 4.69) is 10.3 Å². The lowest BCUT2D eigenvalue weighted by Crippen LogP contribution is -2.79. The Morgan fingerprint density at radius 2 is 1.54 bits per heavy atom. The maximum Gasteiger partial charge on any atom is 0.416 e. The van der Waals surface area contributed by atoms with Crippen molar-refractivity contribution < 1.29 is 38.5 Å². The van der Waals surface area contributed by atoms with Crippen molar-refractivity contribution in [3.8, 4) is 11.5 Å². The molecule has 1 unspecified atom stereocenters. The number of nitrogens with one attached hydrogen (secondary N) is 1. The highest BCUT2D eigenvalue weighted by atomic mass is 16.6. The van der Waals surface area contributed by atoms with Gasteiger partial charge in [-0.15, -0.1) is 0 Å².